The number of hydrogen-bond donors (Lipinski definition) is 2. The molecule has 0 spiro atoms. The largest absolute Gasteiger partial charge is 0.504 e. The van der Waals surface area contributed by atoms with E-state index in [9.17, 15) is 5.11 Å². The minimum absolute atomic E-state index is 0.139. The number of benzene rings is 2. The molecule has 0 bridgehead atoms. The third-order valence-corrected chi connectivity index (χ3v) is 2.51. The Balaban J connectivity index is 2.02. The maximum Gasteiger partial charge on any atom is 0.157 e. The van der Waals surface area contributed by atoms with E-state index in [1.54, 1.807) is 30.3 Å². The lowest BCUT2D eigenvalue weighted by Gasteiger charge is -2.07. The van der Waals surface area contributed by atoms with Crippen molar-refractivity contribution in [3.05, 3.63) is 53.1 Å². The molecule has 2 aromatic rings. The summed E-state index contributed by atoms with van der Waals surface area (Å²) in [4.78, 5) is 0. The third kappa shape index (κ3) is 3.04. The van der Waals surface area contributed by atoms with Crippen molar-refractivity contribution in [2.24, 2.45) is 0 Å². The molecule has 0 saturated heterocycles. The first-order chi connectivity index (χ1) is 8.15. The van der Waals surface area contributed by atoms with Crippen molar-refractivity contribution in [3.8, 4) is 17.2 Å². The van der Waals surface area contributed by atoms with Crippen molar-refractivity contribution in [2.45, 2.75) is 6.61 Å². The number of halogens is 1. The molecule has 0 aliphatic rings. The van der Waals surface area contributed by atoms with Gasteiger partial charge in [0, 0.05) is 5.02 Å². The number of phenols is 2. The average molecular weight is 251 g/mol. The maximum absolute atomic E-state index is 9.31. The van der Waals surface area contributed by atoms with E-state index in [1.807, 2.05) is 0 Å². The first-order valence-corrected chi connectivity index (χ1v) is 5.42. The van der Waals surface area contributed by atoms with Crippen molar-refractivity contribution in [1.82, 2.24) is 0 Å². The Bertz CT molecular complexity index is 509. The molecule has 0 aliphatic heterocycles. The molecule has 0 amide bonds. The lowest BCUT2D eigenvalue weighted by atomic mass is 10.2. The Hall–Kier alpha value is -1.87. The first kappa shape index (κ1) is 11.6. The fourth-order valence-corrected chi connectivity index (χ4v) is 1.48. The highest BCUT2D eigenvalue weighted by Crippen LogP contribution is 2.25. The number of hydrogen-bond acceptors (Lipinski definition) is 3. The second kappa shape index (κ2) is 4.97. The molecule has 3 nitrogen and oxygen atoms in total. The van der Waals surface area contributed by atoms with Crippen LogP contribution < -0.4 is 4.74 Å². The van der Waals surface area contributed by atoms with Gasteiger partial charge in [-0.05, 0) is 42.0 Å². The van der Waals surface area contributed by atoms with E-state index in [4.69, 9.17) is 21.4 Å². The molecule has 0 aromatic heterocycles. The van der Waals surface area contributed by atoms with Crippen molar-refractivity contribution in [2.75, 3.05) is 0 Å². The van der Waals surface area contributed by atoms with Crippen LogP contribution in [-0.2, 0) is 6.61 Å². The van der Waals surface area contributed by atoms with E-state index in [2.05, 4.69) is 0 Å². The summed E-state index contributed by atoms with van der Waals surface area (Å²) in [7, 11) is 0. The minimum atomic E-state index is -0.151. The topological polar surface area (TPSA) is 49.7 Å². The summed E-state index contributed by atoms with van der Waals surface area (Å²) in [5.41, 5.74) is 0.773. The standard InChI is InChI=1S/C13H11ClO3/c14-10-2-4-11(5-3-10)17-8-9-1-6-12(15)13(16)7-9/h1-7,15-16H,8H2. The van der Waals surface area contributed by atoms with Crippen molar-refractivity contribution in [3.63, 3.8) is 0 Å². The number of phenolic OH excluding ortho intramolecular Hbond substituents is 2. The molecular weight excluding hydrogens is 240 g/mol. The first-order valence-electron chi connectivity index (χ1n) is 5.04. The van der Waals surface area contributed by atoms with Gasteiger partial charge in [0.2, 0.25) is 0 Å². The van der Waals surface area contributed by atoms with Gasteiger partial charge in [0.25, 0.3) is 0 Å². The second-order valence-corrected chi connectivity index (χ2v) is 4.00. The van der Waals surface area contributed by atoms with Gasteiger partial charge in [0.05, 0.1) is 0 Å². The SMILES string of the molecule is Oc1ccc(COc2ccc(Cl)cc2)cc1O. The molecule has 2 rings (SSSR count). The van der Waals surface area contributed by atoms with Crippen LogP contribution >= 0.6 is 11.6 Å². The fraction of sp³-hybridized carbons (Fsp3) is 0.0769. The fourth-order valence-electron chi connectivity index (χ4n) is 1.36. The van der Waals surface area contributed by atoms with Gasteiger partial charge in [-0.3, -0.25) is 0 Å². The third-order valence-electron chi connectivity index (χ3n) is 2.26. The van der Waals surface area contributed by atoms with Crippen LogP contribution in [0.25, 0.3) is 0 Å². The van der Waals surface area contributed by atoms with Crippen molar-refractivity contribution < 1.29 is 14.9 Å². The zero-order valence-corrected chi connectivity index (χ0v) is 9.69. The summed E-state index contributed by atoms with van der Waals surface area (Å²) < 4.78 is 5.49. The summed E-state index contributed by atoms with van der Waals surface area (Å²) >= 11 is 5.75. The molecule has 2 aromatic carbocycles. The number of ether oxygens (including phenoxy) is 1. The smallest absolute Gasteiger partial charge is 0.157 e. The Kier molecular flexibility index (Phi) is 3.40. The molecule has 0 aliphatic carbocycles. The van der Waals surface area contributed by atoms with Gasteiger partial charge in [-0.15, -0.1) is 0 Å². The van der Waals surface area contributed by atoms with E-state index < -0.39 is 0 Å². The van der Waals surface area contributed by atoms with Gasteiger partial charge in [0.15, 0.2) is 11.5 Å². The Morgan fingerprint density at radius 2 is 1.65 bits per heavy atom. The summed E-state index contributed by atoms with van der Waals surface area (Å²) in [5.74, 6) is 0.407. The molecule has 0 fully saturated rings. The predicted molar refractivity (Wildman–Crippen MR) is 65.6 cm³/mol. The van der Waals surface area contributed by atoms with Crippen LogP contribution in [0.15, 0.2) is 42.5 Å². The van der Waals surface area contributed by atoms with Crippen molar-refractivity contribution >= 4 is 11.6 Å². The predicted octanol–water partition coefficient (Wildman–Crippen LogP) is 3.33. The Labute approximate surface area is 104 Å². The minimum Gasteiger partial charge on any atom is -0.504 e. The zero-order valence-electron chi connectivity index (χ0n) is 8.93. The molecule has 88 valence electrons. The number of rotatable bonds is 3. The van der Waals surface area contributed by atoms with Gasteiger partial charge in [-0.25, -0.2) is 0 Å². The van der Waals surface area contributed by atoms with E-state index in [0.29, 0.717) is 17.4 Å². The quantitative estimate of drug-likeness (QED) is 0.822. The summed E-state index contributed by atoms with van der Waals surface area (Å²) in [6.45, 7) is 0.315. The Morgan fingerprint density at radius 1 is 0.941 bits per heavy atom. The number of aromatic hydroxyl groups is 2. The van der Waals surface area contributed by atoms with Crippen molar-refractivity contribution in [1.29, 1.82) is 0 Å². The normalized spacial score (nSPS) is 10.2. The molecule has 0 radical (unpaired) electrons. The summed E-state index contributed by atoms with van der Waals surface area (Å²) in [5, 5.41) is 19.1. The lowest BCUT2D eigenvalue weighted by Crippen LogP contribution is -1.94. The van der Waals surface area contributed by atoms with Gasteiger partial charge in [0.1, 0.15) is 12.4 Å². The van der Waals surface area contributed by atoms with Crippen LogP contribution in [0, 0.1) is 0 Å². The van der Waals surface area contributed by atoms with Crippen LogP contribution in [0.4, 0.5) is 0 Å². The van der Waals surface area contributed by atoms with Crippen LogP contribution in [0.1, 0.15) is 5.56 Å². The lowest BCUT2D eigenvalue weighted by molar-refractivity contribution is 0.305. The second-order valence-electron chi connectivity index (χ2n) is 3.57. The molecule has 17 heavy (non-hydrogen) atoms. The monoisotopic (exact) mass is 250 g/mol. The summed E-state index contributed by atoms with van der Waals surface area (Å²) in [6.07, 6.45) is 0. The molecule has 2 N–H and O–H groups in total. The molecular formula is C13H11ClO3. The highest BCUT2D eigenvalue weighted by atomic mass is 35.5. The molecule has 0 saturated carbocycles. The van der Waals surface area contributed by atoms with Crippen LogP contribution in [-0.4, -0.2) is 10.2 Å². The van der Waals surface area contributed by atoms with Gasteiger partial charge < -0.3 is 14.9 Å². The van der Waals surface area contributed by atoms with E-state index >= 15 is 0 Å². The summed E-state index contributed by atoms with van der Waals surface area (Å²) in [6, 6.07) is 11.6. The van der Waals surface area contributed by atoms with Crippen LogP contribution in [0.5, 0.6) is 17.2 Å². The highest BCUT2D eigenvalue weighted by Gasteiger charge is 2.01. The maximum atomic E-state index is 9.31. The molecule has 0 unspecified atom stereocenters. The molecule has 4 heteroatoms. The van der Waals surface area contributed by atoms with Gasteiger partial charge in [-0.2, -0.15) is 0 Å². The zero-order chi connectivity index (χ0) is 12.3. The van der Waals surface area contributed by atoms with Crippen LogP contribution in [0.3, 0.4) is 0 Å². The van der Waals surface area contributed by atoms with Crippen LogP contribution in [0.2, 0.25) is 5.02 Å². The van der Waals surface area contributed by atoms with Gasteiger partial charge >= 0.3 is 0 Å². The van der Waals surface area contributed by atoms with E-state index in [-0.39, 0.29) is 11.5 Å². The van der Waals surface area contributed by atoms with E-state index in [1.165, 1.54) is 12.1 Å². The molecule has 0 heterocycles. The molecule has 0 atom stereocenters. The van der Waals surface area contributed by atoms with E-state index in [0.717, 1.165) is 5.56 Å². The average Bonchev–Trinajstić information content (AvgIpc) is 2.33. The highest BCUT2D eigenvalue weighted by molar-refractivity contribution is 6.30. The Morgan fingerprint density at radius 3 is 2.29 bits per heavy atom. The van der Waals surface area contributed by atoms with Gasteiger partial charge in [-0.1, -0.05) is 17.7 Å².